The van der Waals surface area contributed by atoms with Crippen LogP contribution < -0.4 is 10.2 Å². The van der Waals surface area contributed by atoms with Gasteiger partial charge in [-0.3, -0.25) is 0 Å². The summed E-state index contributed by atoms with van der Waals surface area (Å²) in [5.74, 6) is 1.99. The molecule has 2 aliphatic rings. The molecular weight excluding hydrogens is 174 g/mol. The van der Waals surface area contributed by atoms with Gasteiger partial charge in [0.1, 0.15) is 5.82 Å². The first-order chi connectivity index (χ1) is 6.95. The second-order valence-electron chi connectivity index (χ2n) is 4.16. The summed E-state index contributed by atoms with van der Waals surface area (Å²) in [6.45, 7) is 3.49. The average molecular weight is 189 g/mol. The molecule has 2 aliphatic heterocycles. The Hall–Kier alpha value is -1.09. The Labute approximate surface area is 84.1 Å². The number of aromatic nitrogens is 1. The van der Waals surface area contributed by atoms with Crippen LogP contribution in [0.5, 0.6) is 0 Å². The molecule has 74 valence electrons. The Kier molecular flexibility index (Phi) is 1.91. The number of fused-ring (bicyclic) bond motifs is 1. The maximum Gasteiger partial charge on any atom is 0.128 e. The monoisotopic (exact) mass is 189 g/mol. The van der Waals surface area contributed by atoms with E-state index in [2.05, 4.69) is 27.3 Å². The molecule has 3 heterocycles. The van der Waals surface area contributed by atoms with Crippen LogP contribution in [-0.2, 0) is 0 Å². The van der Waals surface area contributed by atoms with E-state index in [0.717, 1.165) is 18.3 Å². The minimum absolute atomic E-state index is 0.685. The molecule has 2 atom stereocenters. The third-order valence-corrected chi connectivity index (χ3v) is 3.39. The summed E-state index contributed by atoms with van der Waals surface area (Å²) in [7, 11) is 0. The Morgan fingerprint density at radius 2 is 2.36 bits per heavy atom. The molecule has 1 aromatic rings. The molecule has 1 N–H and O–H groups in total. The molecular formula is C11H15N3. The molecule has 0 saturated carbocycles. The highest BCUT2D eigenvalue weighted by atomic mass is 15.3. The third kappa shape index (κ3) is 1.20. The summed E-state index contributed by atoms with van der Waals surface area (Å²) in [6, 6.07) is 6.84. The van der Waals surface area contributed by atoms with Crippen molar-refractivity contribution < 1.29 is 0 Å². The summed E-state index contributed by atoms with van der Waals surface area (Å²) in [4.78, 5) is 6.87. The van der Waals surface area contributed by atoms with Crippen molar-refractivity contribution in [3.05, 3.63) is 24.4 Å². The molecule has 3 nitrogen and oxygen atoms in total. The van der Waals surface area contributed by atoms with Crippen LogP contribution in [0.3, 0.4) is 0 Å². The van der Waals surface area contributed by atoms with Gasteiger partial charge in [-0.05, 0) is 24.5 Å². The number of hydrogen-bond donors (Lipinski definition) is 1. The number of pyridine rings is 1. The maximum absolute atomic E-state index is 4.42. The van der Waals surface area contributed by atoms with Gasteiger partial charge in [-0.15, -0.1) is 0 Å². The Morgan fingerprint density at radius 3 is 3.21 bits per heavy atom. The van der Waals surface area contributed by atoms with Gasteiger partial charge >= 0.3 is 0 Å². The summed E-state index contributed by atoms with van der Waals surface area (Å²) in [5.41, 5.74) is 0. The molecule has 3 heteroatoms. The van der Waals surface area contributed by atoms with Crippen LogP contribution in [0.1, 0.15) is 6.42 Å². The van der Waals surface area contributed by atoms with E-state index in [-0.39, 0.29) is 0 Å². The predicted molar refractivity (Wildman–Crippen MR) is 56.3 cm³/mol. The average Bonchev–Trinajstić information content (AvgIpc) is 2.79. The minimum atomic E-state index is 0.685. The van der Waals surface area contributed by atoms with E-state index in [9.17, 15) is 0 Å². The highest BCUT2D eigenvalue weighted by Crippen LogP contribution is 2.30. The van der Waals surface area contributed by atoms with Gasteiger partial charge < -0.3 is 10.2 Å². The molecule has 0 spiro atoms. The minimum Gasteiger partial charge on any atom is -0.352 e. The molecule has 14 heavy (non-hydrogen) atoms. The van der Waals surface area contributed by atoms with Gasteiger partial charge in [-0.25, -0.2) is 4.98 Å². The van der Waals surface area contributed by atoms with Crippen LogP contribution in [-0.4, -0.2) is 30.7 Å². The highest BCUT2D eigenvalue weighted by Gasteiger charge is 2.37. The van der Waals surface area contributed by atoms with Crippen molar-refractivity contribution in [3.8, 4) is 0 Å². The van der Waals surface area contributed by atoms with E-state index in [1.54, 1.807) is 0 Å². The molecule has 0 amide bonds. The largest absolute Gasteiger partial charge is 0.352 e. The zero-order valence-electron chi connectivity index (χ0n) is 8.19. The smallest absolute Gasteiger partial charge is 0.128 e. The first-order valence-corrected chi connectivity index (χ1v) is 5.33. The van der Waals surface area contributed by atoms with Crippen molar-refractivity contribution in [1.29, 1.82) is 0 Å². The van der Waals surface area contributed by atoms with Crippen molar-refractivity contribution in [3.63, 3.8) is 0 Å². The summed E-state index contributed by atoms with van der Waals surface area (Å²) < 4.78 is 0. The van der Waals surface area contributed by atoms with Gasteiger partial charge in [0.05, 0.1) is 0 Å². The topological polar surface area (TPSA) is 28.2 Å². The van der Waals surface area contributed by atoms with Gasteiger partial charge in [0.25, 0.3) is 0 Å². The Balaban J connectivity index is 1.86. The predicted octanol–water partition coefficient (Wildman–Crippen LogP) is 0.880. The van der Waals surface area contributed by atoms with E-state index in [0.29, 0.717) is 6.04 Å². The van der Waals surface area contributed by atoms with Crippen molar-refractivity contribution >= 4 is 5.82 Å². The molecule has 0 radical (unpaired) electrons. The number of rotatable bonds is 1. The number of nitrogens with zero attached hydrogens (tertiary/aromatic N) is 2. The quantitative estimate of drug-likeness (QED) is 0.711. The fourth-order valence-electron chi connectivity index (χ4n) is 2.66. The Bertz CT molecular complexity index is 312. The second-order valence-corrected chi connectivity index (χ2v) is 4.16. The van der Waals surface area contributed by atoms with Crippen molar-refractivity contribution in [2.75, 3.05) is 24.5 Å². The third-order valence-electron chi connectivity index (χ3n) is 3.39. The Morgan fingerprint density at radius 1 is 1.36 bits per heavy atom. The zero-order valence-corrected chi connectivity index (χ0v) is 8.19. The standard InChI is InChI=1S/C11H15N3/c1-2-5-13-11(3-1)14-6-4-9-7-12-8-10(9)14/h1-3,5,9-10,12H,4,6-8H2/t9-,10+/m0/s1. The molecule has 3 rings (SSSR count). The lowest BCUT2D eigenvalue weighted by Crippen LogP contribution is -2.34. The van der Waals surface area contributed by atoms with E-state index in [1.165, 1.54) is 19.5 Å². The zero-order chi connectivity index (χ0) is 9.38. The van der Waals surface area contributed by atoms with Crippen molar-refractivity contribution in [2.45, 2.75) is 12.5 Å². The first kappa shape index (κ1) is 8.24. The van der Waals surface area contributed by atoms with Gasteiger partial charge in [-0.1, -0.05) is 6.07 Å². The SMILES string of the molecule is c1ccc(N2CC[C@H]3CNC[C@H]32)nc1. The molecule has 0 bridgehead atoms. The van der Waals surface area contributed by atoms with Crippen LogP contribution in [0, 0.1) is 5.92 Å². The molecule has 0 unspecified atom stereocenters. The van der Waals surface area contributed by atoms with E-state index < -0.39 is 0 Å². The van der Waals surface area contributed by atoms with Crippen LogP contribution in [0.25, 0.3) is 0 Å². The fraction of sp³-hybridized carbons (Fsp3) is 0.545. The van der Waals surface area contributed by atoms with Crippen LogP contribution in [0.2, 0.25) is 0 Å². The number of nitrogens with one attached hydrogen (secondary N) is 1. The van der Waals surface area contributed by atoms with Crippen molar-refractivity contribution in [2.24, 2.45) is 5.92 Å². The van der Waals surface area contributed by atoms with Gasteiger partial charge in [0.2, 0.25) is 0 Å². The molecule has 0 aliphatic carbocycles. The molecule has 2 saturated heterocycles. The van der Waals surface area contributed by atoms with Gasteiger partial charge in [0.15, 0.2) is 0 Å². The molecule has 2 fully saturated rings. The second kappa shape index (κ2) is 3.24. The van der Waals surface area contributed by atoms with Crippen LogP contribution >= 0.6 is 0 Å². The van der Waals surface area contributed by atoms with Crippen LogP contribution in [0.15, 0.2) is 24.4 Å². The van der Waals surface area contributed by atoms with Crippen LogP contribution in [0.4, 0.5) is 5.82 Å². The van der Waals surface area contributed by atoms with Crippen molar-refractivity contribution in [1.82, 2.24) is 10.3 Å². The highest BCUT2D eigenvalue weighted by molar-refractivity contribution is 5.41. The summed E-state index contributed by atoms with van der Waals surface area (Å²) in [6.07, 6.45) is 3.19. The lowest BCUT2D eigenvalue weighted by atomic mass is 10.1. The summed E-state index contributed by atoms with van der Waals surface area (Å²) >= 11 is 0. The lowest BCUT2D eigenvalue weighted by Gasteiger charge is -2.24. The molecule has 0 aromatic carbocycles. The fourth-order valence-corrected chi connectivity index (χ4v) is 2.66. The molecule has 1 aromatic heterocycles. The van der Waals surface area contributed by atoms with E-state index >= 15 is 0 Å². The lowest BCUT2D eigenvalue weighted by molar-refractivity contribution is 0.577. The number of anilines is 1. The van der Waals surface area contributed by atoms with Gasteiger partial charge in [-0.2, -0.15) is 0 Å². The first-order valence-electron chi connectivity index (χ1n) is 5.33. The normalized spacial score (nSPS) is 30.7. The number of hydrogen-bond acceptors (Lipinski definition) is 3. The maximum atomic E-state index is 4.42. The van der Waals surface area contributed by atoms with Gasteiger partial charge in [0, 0.05) is 31.9 Å². The van der Waals surface area contributed by atoms with E-state index in [1.807, 2.05) is 12.3 Å². The van der Waals surface area contributed by atoms with E-state index in [4.69, 9.17) is 0 Å². The summed E-state index contributed by atoms with van der Waals surface area (Å²) in [5, 5.41) is 3.45.